The van der Waals surface area contributed by atoms with Crippen LogP contribution in [-0.4, -0.2) is 20.4 Å². The minimum atomic E-state index is -0.437. The van der Waals surface area contributed by atoms with E-state index >= 15 is 0 Å². The molecular formula is C18H16N4O3. The Morgan fingerprint density at radius 3 is 2.60 bits per heavy atom. The van der Waals surface area contributed by atoms with Gasteiger partial charge in [0.05, 0.1) is 28.6 Å². The van der Waals surface area contributed by atoms with Gasteiger partial charge < -0.3 is 0 Å². The maximum atomic E-state index is 11.7. The molecule has 4 rings (SSSR count). The Morgan fingerprint density at radius 1 is 1.12 bits per heavy atom. The third kappa shape index (κ3) is 2.76. The summed E-state index contributed by atoms with van der Waals surface area (Å²) >= 11 is 0. The fourth-order valence-electron chi connectivity index (χ4n) is 2.87. The molecule has 2 heterocycles. The Morgan fingerprint density at radius 2 is 1.88 bits per heavy atom. The number of nitro groups is 1. The first-order chi connectivity index (χ1) is 11.6. The predicted octanol–water partition coefficient (Wildman–Crippen LogP) is 3.06. The van der Waals surface area contributed by atoms with Crippen molar-refractivity contribution in [3.63, 3.8) is 0 Å². The van der Waals surface area contributed by atoms with Crippen LogP contribution in [-0.2, 0) is 6.54 Å². The summed E-state index contributed by atoms with van der Waals surface area (Å²) in [6.07, 6.45) is 0. The number of aromatic amines is 1. The van der Waals surface area contributed by atoms with Crippen LogP contribution in [0.5, 0.6) is 0 Å². The van der Waals surface area contributed by atoms with E-state index in [1.807, 2.05) is 30.3 Å². The molecule has 0 amide bonds. The van der Waals surface area contributed by atoms with Gasteiger partial charge in [-0.15, -0.1) is 0 Å². The second-order valence-electron chi connectivity index (χ2n) is 5.44. The highest BCUT2D eigenvalue weighted by Gasteiger charge is 2.22. The van der Waals surface area contributed by atoms with E-state index in [0.717, 1.165) is 5.56 Å². The van der Waals surface area contributed by atoms with Crippen molar-refractivity contribution in [2.45, 2.75) is 14.0 Å². The smallest absolute Gasteiger partial charge is 0.270 e. The molecule has 3 aromatic rings. The standard InChI is InChI=1S/C17H12N4O3.CH4/c22-16-9-13-10-18-17(11-4-2-1-3-5-11)14-8-12(21(23)24)6-7-15(14)20(13)19-16;/h1-9H,10H2,(H,19,22);1H4. The van der Waals surface area contributed by atoms with Gasteiger partial charge in [0.1, 0.15) is 0 Å². The number of hydrogen-bond donors (Lipinski definition) is 1. The highest BCUT2D eigenvalue weighted by Crippen LogP contribution is 2.27. The first-order valence-corrected chi connectivity index (χ1v) is 7.33. The fourth-order valence-corrected chi connectivity index (χ4v) is 2.87. The summed E-state index contributed by atoms with van der Waals surface area (Å²) in [5.74, 6) is 0. The van der Waals surface area contributed by atoms with E-state index in [1.54, 1.807) is 10.7 Å². The number of nitrogens with one attached hydrogen (secondary N) is 1. The zero-order valence-corrected chi connectivity index (χ0v) is 12.5. The van der Waals surface area contributed by atoms with Gasteiger partial charge in [-0.3, -0.25) is 29.7 Å². The number of nitrogens with zero attached hydrogens (tertiary/aromatic N) is 3. The van der Waals surface area contributed by atoms with Crippen LogP contribution >= 0.6 is 0 Å². The van der Waals surface area contributed by atoms with Crippen molar-refractivity contribution in [2.24, 2.45) is 4.99 Å². The summed E-state index contributed by atoms with van der Waals surface area (Å²) < 4.78 is 1.64. The molecule has 0 radical (unpaired) electrons. The molecule has 1 aliphatic rings. The molecule has 126 valence electrons. The van der Waals surface area contributed by atoms with Crippen molar-refractivity contribution >= 4 is 11.4 Å². The lowest BCUT2D eigenvalue weighted by Crippen LogP contribution is -2.10. The van der Waals surface area contributed by atoms with Crippen LogP contribution in [0, 0.1) is 10.1 Å². The Kier molecular flexibility index (Phi) is 4.06. The molecule has 7 heteroatoms. The highest BCUT2D eigenvalue weighted by atomic mass is 16.6. The molecule has 0 aliphatic carbocycles. The maximum absolute atomic E-state index is 11.7. The first kappa shape index (κ1) is 16.4. The van der Waals surface area contributed by atoms with Gasteiger partial charge in [-0.1, -0.05) is 37.8 Å². The monoisotopic (exact) mass is 336 g/mol. The van der Waals surface area contributed by atoms with Crippen molar-refractivity contribution < 1.29 is 4.92 Å². The Balaban J connectivity index is 0.00000182. The quantitative estimate of drug-likeness (QED) is 0.575. The average molecular weight is 336 g/mol. The molecule has 0 bridgehead atoms. The van der Waals surface area contributed by atoms with Crippen LogP contribution in [0.2, 0.25) is 0 Å². The summed E-state index contributed by atoms with van der Waals surface area (Å²) in [6.45, 7) is 0.311. The number of hydrogen-bond acceptors (Lipinski definition) is 4. The zero-order valence-electron chi connectivity index (χ0n) is 12.5. The third-order valence-corrected chi connectivity index (χ3v) is 3.94. The van der Waals surface area contributed by atoms with Crippen molar-refractivity contribution in [1.29, 1.82) is 0 Å². The van der Waals surface area contributed by atoms with E-state index < -0.39 is 4.92 Å². The zero-order chi connectivity index (χ0) is 16.7. The topological polar surface area (TPSA) is 93.3 Å². The maximum Gasteiger partial charge on any atom is 0.270 e. The van der Waals surface area contributed by atoms with Gasteiger partial charge in [0.2, 0.25) is 0 Å². The second-order valence-corrected chi connectivity index (χ2v) is 5.44. The molecule has 1 aromatic heterocycles. The lowest BCUT2D eigenvalue weighted by molar-refractivity contribution is -0.384. The number of rotatable bonds is 2. The average Bonchev–Trinajstić information content (AvgIpc) is 2.89. The Hall–Kier alpha value is -3.48. The number of fused-ring (bicyclic) bond motifs is 3. The van der Waals surface area contributed by atoms with E-state index in [1.165, 1.54) is 18.2 Å². The van der Waals surface area contributed by atoms with Crippen molar-refractivity contribution in [1.82, 2.24) is 9.78 Å². The van der Waals surface area contributed by atoms with Crippen LogP contribution in [0.25, 0.3) is 5.69 Å². The van der Waals surface area contributed by atoms with Crippen LogP contribution in [0.4, 0.5) is 5.69 Å². The number of aliphatic imine (C=N–C) groups is 1. The molecule has 25 heavy (non-hydrogen) atoms. The normalized spacial score (nSPS) is 12.2. The van der Waals surface area contributed by atoms with Crippen LogP contribution in [0.1, 0.15) is 24.2 Å². The SMILES string of the molecule is C.O=c1cc2n([nH]1)-c1ccc([N+](=O)[O-])cc1C(c1ccccc1)=NC2. The minimum Gasteiger partial charge on any atom is -0.278 e. The van der Waals surface area contributed by atoms with E-state index in [-0.39, 0.29) is 18.7 Å². The van der Waals surface area contributed by atoms with Crippen molar-refractivity contribution in [3.8, 4) is 5.69 Å². The van der Waals surface area contributed by atoms with E-state index in [9.17, 15) is 14.9 Å². The molecule has 0 spiro atoms. The Labute approximate surface area is 143 Å². The number of benzene rings is 2. The third-order valence-electron chi connectivity index (χ3n) is 3.94. The van der Waals surface area contributed by atoms with Crippen LogP contribution in [0.15, 0.2) is 64.4 Å². The summed E-state index contributed by atoms with van der Waals surface area (Å²) in [6, 6.07) is 15.5. The van der Waals surface area contributed by atoms with Gasteiger partial charge in [-0.05, 0) is 6.07 Å². The molecule has 2 aromatic carbocycles. The molecule has 0 saturated carbocycles. The van der Waals surface area contributed by atoms with Gasteiger partial charge in [0.15, 0.2) is 0 Å². The lowest BCUT2D eigenvalue weighted by atomic mass is 10.00. The van der Waals surface area contributed by atoms with Crippen LogP contribution < -0.4 is 5.56 Å². The molecule has 0 saturated heterocycles. The molecule has 7 nitrogen and oxygen atoms in total. The molecule has 1 aliphatic heterocycles. The van der Waals surface area contributed by atoms with Crippen molar-refractivity contribution in [2.75, 3.05) is 0 Å². The fraction of sp³-hybridized carbons (Fsp3) is 0.111. The molecule has 0 unspecified atom stereocenters. The summed E-state index contributed by atoms with van der Waals surface area (Å²) in [4.78, 5) is 27.0. The predicted molar refractivity (Wildman–Crippen MR) is 95.6 cm³/mol. The summed E-state index contributed by atoms with van der Waals surface area (Å²) in [7, 11) is 0. The second kappa shape index (κ2) is 6.20. The molecular weight excluding hydrogens is 320 g/mol. The Bertz CT molecular complexity index is 1030. The summed E-state index contributed by atoms with van der Waals surface area (Å²) in [5.41, 5.74) is 3.27. The number of nitro benzene ring substituents is 1. The van der Waals surface area contributed by atoms with E-state index in [2.05, 4.69) is 10.1 Å². The molecule has 1 N–H and O–H groups in total. The lowest BCUT2D eigenvalue weighted by Gasteiger charge is -2.11. The van der Waals surface area contributed by atoms with Gasteiger partial charge in [0.25, 0.3) is 11.2 Å². The molecule has 0 fully saturated rings. The van der Waals surface area contributed by atoms with Gasteiger partial charge in [0, 0.05) is 29.3 Å². The van der Waals surface area contributed by atoms with Crippen LogP contribution in [0.3, 0.4) is 0 Å². The van der Waals surface area contributed by atoms with Gasteiger partial charge in [-0.2, -0.15) is 0 Å². The summed E-state index contributed by atoms with van der Waals surface area (Å²) in [5, 5.41) is 13.9. The minimum absolute atomic E-state index is 0. The van der Waals surface area contributed by atoms with Crippen molar-refractivity contribution in [3.05, 3.63) is 91.9 Å². The number of aromatic nitrogens is 2. The van der Waals surface area contributed by atoms with Gasteiger partial charge in [-0.25, -0.2) is 0 Å². The highest BCUT2D eigenvalue weighted by molar-refractivity contribution is 6.15. The first-order valence-electron chi connectivity index (χ1n) is 7.33. The van der Waals surface area contributed by atoms with E-state index in [0.29, 0.717) is 29.2 Å². The number of non-ortho nitro benzene ring substituents is 1. The number of H-pyrrole nitrogens is 1. The van der Waals surface area contributed by atoms with E-state index in [4.69, 9.17) is 0 Å². The van der Waals surface area contributed by atoms with Gasteiger partial charge >= 0.3 is 0 Å². The molecule has 0 atom stereocenters. The largest absolute Gasteiger partial charge is 0.278 e.